The van der Waals surface area contributed by atoms with Gasteiger partial charge in [0.05, 0.1) is 12.3 Å². The van der Waals surface area contributed by atoms with Gasteiger partial charge in [0.1, 0.15) is 28.9 Å². The van der Waals surface area contributed by atoms with Crippen molar-refractivity contribution in [2.45, 2.75) is 13.8 Å². The van der Waals surface area contributed by atoms with Gasteiger partial charge in [-0.15, -0.1) is 5.10 Å². The van der Waals surface area contributed by atoms with E-state index in [1.807, 2.05) is 18.2 Å². The van der Waals surface area contributed by atoms with Crippen molar-refractivity contribution >= 4 is 76.0 Å². The molecule has 0 saturated heterocycles. The number of carbonyl (C=O) groups excluding carboxylic acids is 1. The number of ketones is 1. The van der Waals surface area contributed by atoms with E-state index in [-0.39, 0.29) is 33.2 Å². The predicted octanol–water partition coefficient (Wildman–Crippen LogP) is 4.55. The predicted molar refractivity (Wildman–Crippen MR) is 199 cm³/mol. The smallest absolute Gasteiger partial charge is 0.741 e. The van der Waals surface area contributed by atoms with Crippen LogP contribution in [0.3, 0.4) is 0 Å². The molecule has 0 spiro atoms. The molecule has 0 aliphatic rings. The summed E-state index contributed by atoms with van der Waals surface area (Å²) in [5.41, 5.74) is 2.22. The molecular formula is C35H36CuN6O2PS2+. The Morgan fingerprint density at radius 2 is 1.15 bits per heavy atom. The van der Waals surface area contributed by atoms with Crippen molar-refractivity contribution in [2.75, 3.05) is 26.5 Å². The molecular weight excluding hydrogens is 695 g/mol. The Balaban J connectivity index is 0.00000600. The zero-order valence-corrected chi connectivity index (χ0v) is 29.7. The topological polar surface area (TPSA) is 99.8 Å². The van der Waals surface area contributed by atoms with Crippen molar-refractivity contribution < 1.29 is 26.6 Å². The molecule has 8 nitrogen and oxygen atoms in total. The van der Waals surface area contributed by atoms with Crippen molar-refractivity contribution in [3.63, 3.8) is 0 Å². The van der Waals surface area contributed by atoms with Gasteiger partial charge in [-0.05, 0) is 60.6 Å². The van der Waals surface area contributed by atoms with E-state index in [1.165, 1.54) is 22.8 Å². The monoisotopic (exact) mass is 730 g/mol. The van der Waals surface area contributed by atoms with Crippen LogP contribution in [-0.4, -0.2) is 54.1 Å². The standard InChI is InChI=1S/C35H37N6O2PS2.Cu/c1-26(33(39-40-34(45)36-3)29-21-19-28(20-22-29)27(2)42)38-41-35(46)37-23-24-43-25-44(30-13-7-4-8-14-30,31-15-9-5-10-16-31)32-17-11-6-12-18-32;/h4-22H,23-25H2,1-3H3,(H3-,36,37,38,39,40,41,42,45,46);/q;+2/p-1. The summed E-state index contributed by atoms with van der Waals surface area (Å²) in [6.45, 7) is 4.14. The first-order valence-corrected chi connectivity index (χ1v) is 17.4. The first-order chi connectivity index (χ1) is 22.3. The number of Topliss-reactive ketones (excluding diaryl/α,β-unsaturated/α-hetero) is 1. The Labute approximate surface area is 299 Å². The molecule has 0 fully saturated rings. The summed E-state index contributed by atoms with van der Waals surface area (Å²) in [5, 5.41) is 26.9. The number of benzene rings is 4. The molecule has 4 rings (SSSR count). The maximum Gasteiger partial charge on any atom is 2.00 e. The summed E-state index contributed by atoms with van der Waals surface area (Å²) in [4.78, 5) is 11.7. The SMILES string of the molecule is CN/C([S-])=N/N=C(/C(C)=N/N=C(\[S-])NCCOC[P+](c1ccccc1)(c1ccccc1)c1ccccc1)c1ccc(C(C)=O)cc1.[Cu+2]. The second kappa shape index (κ2) is 19.1. The zero-order chi connectivity index (χ0) is 32.8. The van der Waals surface area contributed by atoms with Crippen LogP contribution in [0.2, 0.25) is 0 Å². The van der Waals surface area contributed by atoms with Crippen LogP contribution in [0.4, 0.5) is 0 Å². The normalized spacial score (nSPS) is 12.7. The minimum absolute atomic E-state index is 0. The van der Waals surface area contributed by atoms with Gasteiger partial charge in [-0.3, -0.25) is 4.79 Å². The second-order valence-corrected chi connectivity index (χ2v) is 14.3. The van der Waals surface area contributed by atoms with Crippen LogP contribution in [0, 0.1) is 0 Å². The largest absolute Gasteiger partial charge is 2.00 e. The number of nitrogens with one attached hydrogen (secondary N) is 2. The van der Waals surface area contributed by atoms with Crippen molar-refractivity contribution in [1.82, 2.24) is 10.6 Å². The van der Waals surface area contributed by atoms with Gasteiger partial charge in [0, 0.05) is 24.7 Å². The van der Waals surface area contributed by atoms with Gasteiger partial charge in [-0.25, -0.2) is 0 Å². The molecule has 0 aromatic heterocycles. The van der Waals surface area contributed by atoms with Gasteiger partial charge in [-0.2, -0.15) is 15.3 Å². The van der Waals surface area contributed by atoms with Crippen LogP contribution < -0.4 is 26.5 Å². The van der Waals surface area contributed by atoms with Gasteiger partial charge in [-0.1, -0.05) is 78.9 Å². The number of carbonyl (C=O) groups is 1. The molecule has 1 radical (unpaired) electrons. The molecule has 245 valence electrons. The van der Waals surface area contributed by atoms with Crippen LogP contribution in [0.15, 0.2) is 136 Å². The molecule has 0 heterocycles. The number of amidine groups is 2. The van der Waals surface area contributed by atoms with Crippen LogP contribution >= 0.6 is 7.26 Å². The van der Waals surface area contributed by atoms with Crippen molar-refractivity contribution in [1.29, 1.82) is 0 Å². The Bertz CT molecular complexity index is 1610. The molecule has 4 aromatic rings. The first kappa shape index (κ1) is 37.6. The van der Waals surface area contributed by atoms with E-state index in [1.54, 1.807) is 38.2 Å². The molecule has 0 aliphatic carbocycles. The molecule has 0 unspecified atom stereocenters. The quantitative estimate of drug-likeness (QED) is 0.0306. The van der Waals surface area contributed by atoms with Crippen molar-refractivity contribution in [2.24, 2.45) is 20.4 Å². The summed E-state index contributed by atoms with van der Waals surface area (Å²) in [6.07, 6.45) is 0.536. The molecule has 47 heavy (non-hydrogen) atoms. The van der Waals surface area contributed by atoms with Crippen molar-refractivity contribution in [3.05, 3.63) is 126 Å². The Morgan fingerprint density at radius 3 is 1.62 bits per heavy atom. The third kappa shape index (κ3) is 10.3. The van der Waals surface area contributed by atoms with Crippen LogP contribution in [0.5, 0.6) is 0 Å². The summed E-state index contributed by atoms with van der Waals surface area (Å²) in [6, 6.07) is 38.8. The second-order valence-electron chi connectivity index (χ2n) is 10.1. The maximum absolute atomic E-state index is 11.7. The van der Waals surface area contributed by atoms with Gasteiger partial charge in [0.15, 0.2) is 12.1 Å². The van der Waals surface area contributed by atoms with E-state index in [4.69, 9.17) is 30.0 Å². The number of ether oxygens (including phenoxy) is 1. The van der Waals surface area contributed by atoms with Gasteiger partial charge < -0.3 is 40.6 Å². The molecule has 0 amide bonds. The minimum Gasteiger partial charge on any atom is -0.741 e. The third-order valence-corrected chi connectivity index (χ3v) is 11.7. The van der Waals surface area contributed by atoms with Crippen LogP contribution in [0.25, 0.3) is 0 Å². The van der Waals surface area contributed by atoms with Crippen LogP contribution in [0.1, 0.15) is 29.8 Å². The number of nitrogens with zero attached hydrogens (tertiary/aromatic N) is 4. The summed E-state index contributed by atoms with van der Waals surface area (Å²) in [5.74, 6) is -0.0281. The number of hydrogen-bond acceptors (Lipinski definition) is 8. The molecule has 0 bridgehead atoms. The molecule has 0 saturated carbocycles. The van der Waals surface area contributed by atoms with E-state index < -0.39 is 7.26 Å². The number of hydrogen-bond donors (Lipinski definition) is 2. The van der Waals surface area contributed by atoms with E-state index in [0.717, 1.165) is 0 Å². The van der Waals surface area contributed by atoms with E-state index in [0.29, 0.717) is 42.0 Å². The fraction of sp³-hybridized carbons (Fsp3) is 0.171. The van der Waals surface area contributed by atoms with E-state index in [2.05, 4.69) is 104 Å². The Kier molecular flexibility index (Phi) is 15.3. The third-order valence-electron chi connectivity index (χ3n) is 7.05. The van der Waals surface area contributed by atoms with E-state index >= 15 is 0 Å². The summed E-state index contributed by atoms with van der Waals surface area (Å²) < 4.78 is 6.40. The van der Waals surface area contributed by atoms with Crippen LogP contribution in [-0.2, 0) is 47.1 Å². The molecule has 4 aromatic carbocycles. The summed E-state index contributed by atoms with van der Waals surface area (Å²) >= 11 is 10.5. The van der Waals surface area contributed by atoms with Gasteiger partial charge in [0.2, 0.25) is 0 Å². The number of rotatable bonds is 13. The molecule has 2 N–H and O–H groups in total. The Hall–Kier alpha value is -3.82. The van der Waals surface area contributed by atoms with Gasteiger partial charge in [0.25, 0.3) is 0 Å². The molecule has 12 heteroatoms. The van der Waals surface area contributed by atoms with Crippen molar-refractivity contribution in [3.8, 4) is 0 Å². The summed E-state index contributed by atoms with van der Waals surface area (Å²) in [7, 11) is -0.425. The van der Waals surface area contributed by atoms with Gasteiger partial charge >= 0.3 is 17.1 Å². The fourth-order valence-electron chi connectivity index (χ4n) is 4.70. The minimum atomic E-state index is -2.09. The fourth-order valence-corrected chi connectivity index (χ4v) is 8.67. The molecule has 0 atom stereocenters. The Morgan fingerprint density at radius 1 is 0.681 bits per heavy atom. The van der Waals surface area contributed by atoms with E-state index in [9.17, 15) is 4.79 Å². The zero-order valence-electron chi connectivity index (χ0n) is 26.3. The average Bonchev–Trinajstić information content (AvgIpc) is 3.10. The maximum atomic E-state index is 11.7. The average molecular weight is 731 g/mol. The first-order valence-electron chi connectivity index (χ1n) is 14.6. The molecule has 0 aliphatic heterocycles.